The number of hydrogen-bond donors (Lipinski definition) is 1. The lowest BCUT2D eigenvalue weighted by Gasteiger charge is -1.99. The highest BCUT2D eigenvalue weighted by Crippen LogP contribution is 2.28. The minimum absolute atomic E-state index is 0.0496. The molecule has 1 aliphatic rings. The number of halogens is 1. The zero-order valence-electron chi connectivity index (χ0n) is 9.48. The molecule has 0 spiro atoms. The Bertz CT molecular complexity index is 644. The van der Waals surface area contributed by atoms with E-state index < -0.39 is 0 Å². The van der Waals surface area contributed by atoms with Gasteiger partial charge in [0.2, 0.25) is 5.78 Å². The van der Waals surface area contributed by atoms with Gasteiger partial charge in [-0.15, -0.1) is 0 Å². The zero-order valence-corrected chi connectivity index (χ0v) is 11.1. The summed E-state index contributed by atoms with van der Waals surface area (Å²) in [6.45, 7) is 0. The topological polar surface area (TPSA) is 29.1 Å². The van der Waals surface area contributed by atoms with Gasteiger partial charge >= 0.3 is 0 Å². The van der Waals surface area contributed by atoms with Crippen LogP contribution in [0.3, 0.4) is 0 Å². The van der Waals surface area contributed by atoms with Gasteiger partial charge in [-0.3, -0.25) is 4.79 Å². The van der Waals surface area contributed by atoms with E-state index >= 15 is 0 Å². The fourth-order valence-corrected chi connectivity index (χ4v) is 2.23. The van der Waals surface area contributed by atoms with Gasteiger partial charge in [0.1, 0.15) is 0 Å². The van der Waals surface area contributed by atoms with Crippen LogP contribution in [0.5, 0.6) is 0 Å². The summed E-state index contributed by atoms with van der Waals surface area (Å²) in [6.07, 6.45) is 1.87. The van der Waals surface area contributed by atoms with Crippen molar-refractivity contribution in [2.45, 2.75) is 0 Å². The molecule has 0 aromatic heterocycles. The third kappa shape index (κ3) is 1.97. The minimum Gasteiger partial charge on any atom is -0.352 e. The molecule has 1 heterocycles. The molecule has 1 aliphatic heterocycles. The highest BCUT2D eigenvalue weighted by atomic mass is 79.9. The Balaban J connectivity index is 1.97. The van der Waals surface area contributed by atoms with Crippen LogP contribution in [0, 0.1) is 0 Å². The van der Waals surface area contributed by atoms with Gasteiger partial charge in [-0.1, -0.05) is 40.2 Å². The summed E-state index contributed by atoms with van der Waals surface area (Å²) in [4.78, 5) is 12.1. The van der Waals surface area contributed by atoms with Crippen LogP contribution in [0.4, 0.5) is 5.69 Å². The van der Waals surface area contributed by atoms with Crippen molar-refractivity contribution in [2.24, 2.45) is 0 Å². The Labute approximate surface area is 113 Å². The first kappa shape index (κ1) is 11.2. The summed E-state index contributed by atoms with van der Waals surface area (Å²) < 4.78 is 1.03. The van der Waals surface area contributed by atoms with Crippen LogP contribution in [0.2, 0.25) is 0 Å². The fourth-order valence-electron chi connectivity index (χ4n) is 1.96. The first-order valence-corrected chi connectivity index (χ1v) is 6.41. The molecule has 3 heteroatoms. The number of carbonyl (C=O) groups is 1. The van der Waals surface area contributed by atoms with Crippen molar-refractivity contribution in [1.82, 2.24) is 0 Å². The largest absolute Gasteiger partial charge is 0.352 e. The van der Waals surface area contributed by atoms with E-state index in [0.717, 1.165) is 21.3 Å². The van der Waals surface area contributed by atoms with Crippen LogP contribution in [-0.2, 0) is 0 Å². The third-order valence-corrected chi connectivity index (χ3v) is 3.40. The van der Waals surface area contributed by atoms with E-state index in [1.807, 2.05) is 54.6 Å². The van der Waals surface area contributed by atoms with Gasteiger partial charge in [0.05, 0.1) is 5.70 Å². The monoisotopic (exact) mass is 299 g/mol. The second kappa shape index (κ2) is 4.42. The maximum Gasteiger partial charge on any atom is 0.211 e. The van der Waals surface area contributed by atoms with Crippen LogP contribution in [0.15, 0.2) is 58.7 Å². The Morgan fingerprint density at radius 2 is 1.72 bits per heavy atom. The van der Waals surface area contributed by atoms with Crippen LogP contribution < -0.4 is 5.32 Å². The normalized spacial score (nSPS) is 15.6. The van der Waals surface area contributed by atoms with Crippen molar-refractivity contribution >= 4 is 33.5 Å². The highest BCUT2D eigenvalue weighted by molar-refractivity contribution is 9.10. The molecule has 18 heavy (non-hydrogen) atoms. The van der Waals surface area contributed by atoms with Crippen LogP contribution >= 0.6 is 15.9 Å². The summed E-state index contributed by atoms with van der Waals surface area (Å²) in [5.41, 5.74) is 3.24. The van der Waals surface area contributed by atoms with Gasteiger partial charge in [0, 0.05) is 15.7 Å². The Hall–Kier alpha value is -1.87. The molecule has 3 rings (SSSR count). The Morgan fingerprint density at radius 3 is 2.44 bits per heavy atom. The van der Waals surface area contributed by atoms with Crippen molar-refractivity contribution < 1.29 is 4.79 Å². The number of benzene rings is 2. The van der Waals surface area contributed by atoms with E-state index in [0.29, 0.717) is 5.70 Å². The Kier molecular flexibility index (Phi) is 2.76. The smallest absolute Gasteiger partial charge is 0.211 e. The van der Waals surface area contributed by atoms with E-state index in [9.17, 15) is 4.79 Å². The molecule has 0 aliphatic carbocycles. The number of ketones is 1. The van der Waals surface area contributed by atoms with E-state index in [1.54, 1.807) is 0 Å². The van der Waals surface area contributed by atoms with E-state index in [4.69, 9.17) is 0 Å². The van der Waals surface area contributed by atoms with Crippen molar-refractivity contribution in [3.8, 4) is 0 Å². The molecule has 88 valence electrons. The SMILES string of the molecule is O=C1/C(=C\c2ccc(Br)cc2)Nc2ccccc21. The molecule has 0 saturated heterocycles. The zero-order chi connectivity index (χ0) is 12.5. The number of nitrogens with one attached hydrogen (secondary N) is 1. The fraction of sp³-hybridized carbons (Fsp3) is 0. The number of fused-ring (bicyclic) bond motifs is 1. The second-order valence-electron chi connectivity index (χ2n) is 4.11. The second-order valence-corrected chi connectivity index (χ2v) is 5.02. The van der Waals surface area contributed by atoms with Gasteiger partial charge < -0.3 is 5.32 Å². The number of rotatable bonds is 1. The minimum atomic E-state index is 0.0496. The highest BCUT2D eigenvalue weighted by Gasteiger charge is 2.23. The number of allylic oxidation sites excluding steroid dienone is 1. The molecular weight excluding hydrogens is 290 g/mol. The maximum atomic E-state index is 12.1. The van der Waals surface area contributed by atoms with E-state index in [-0.39, 0.29) is 5.78 Å². The molecule has 0 atom stereocenters. The molecule has 0 saturated carbocycles. The predicted octanol–water partition coefficient (Wildman–Crippen LogP) is 4.10. The Morgan fingerprint density at radius 1 is 1.00 bits per heavy atom. The van der Waals surface area contributed by atoms with E-state index in [1.165, 1.54) is 0 Å². The molecule has 0 amide bonds. The number of anilines is 1. The van der Waals surface area contributed by atoms with Crippen molar-refractivity contribution in [2.75, 3.05) is 5.32 Å². The molecule has 1 N–H and O–H groups in total. The average Bonchev–Trinajstić information content (AvgIpc) is 2.70. The number of para-hydroxylation sites is 1. The van der Waals surface area contributed by atoms with E-state index in [2.05, 4.69) is 21.2 Å². The van der Waals surface area contributed by atoms with Gasteiger partial charge in [-0.2, -0.15) is 0 Å². The molecule has 0 radical (unpaired) electrons. The van der Waals surface area contributed by atoms with Gasteiger partial charge in [-0.05, 0) is 35.9 Å². The first-order valence-electron chi connectivity index (χ1n) is 5.62. The van der Waals surface area contributed by atoms with Gasteiger partial charge in [-0.25, -0.2) is 0 Å². The van der Waals surface area contributed by atoms with Crippen molar-refractivity contribution in [1.29, 1.82) is 0 Å². The molecule has 0 unspecified atom stereocenters. The standard InChI is InChI=1S/C15H10BrNO/c16-11-7-5-10(6-8-11)9-14-15(18)12-3-1-2-4-13(12)17-14/h1-9,17H/b14-9+. The summed E-state index contributed by atoms with van der Waals surface area (Å²) in [5, 5.41) is 3.15. The summed E-state index contributed by atoms with van der Waals surface area (Å²) >= 11 is 3.39. The molecule has 0 bridgehead atoms. The molecule has 0 fully saturated rings. The maximum absolute atomic E-state index is 12.1. The van der Waals surface area contributed by atoms with Gasteiger partial charge in [0.15, 0.2) is 0 Å². The van der Waals surface area contributed by atoms with Gasteiger partial charge in [0.25, 0.3) is 0 Å². The number of carbonyl (C=O) groups excluding carboxylic acids is 1. The summed E-state index contributed by atoms with van der Waals surface area (Å²) in [6, 6.07) is 15.4. The molecule has 2 aromatic carbocycles. The predicted molar refractivity (Wildman–Crippen MR) is 76.5 cm³/mol. The first-order chi connectivity index (χ1) is 8.74. The van der Waals surface area contributed by atoms with Crippen molar-refractivity contribution in [3.05, 3.63) is 69.8 Å². The third-order valence-electron chi connectivity index (χ3n) is 2.87. The molecule has 2 aromatic rings. The lowest BCUT2D eigenvalue weighted by atomic mass is 10.1. The average molecular weight is 300 g/mol. The van der Waals surface area contributed by atoms with Crippen molar-refractivity contribution in [3.63, 3.8) is 0 Å². The van der Waals surface area contributed by atoms with Crippen LogP contribution in [-0.4, -0.2) is 5.78 Å². The summed E-state index contributed by atoms with van der Waals surface area (Å²) in [7, 11) is 0. The van der Waals surface area contributed by atoms with Crippen LogP contribution in [0.1, 0.15) is 15.9 Å². The quantitative estimate of drug-likeness (QED) is 0.803. The number of hydrogen-bond acceptors (Lipinski definition) is 2. The summed E-state index contributed by atoms with van der Waals surface area (Å²) in [5.74, 6) is 0.0496. The number of Topliss-reactive ketones (excluding diaryl/α,β-unsaturated/α-hetero) is 1. The van der Waals surface area contributed by atoms with Crippen LogP contribution in [0.25, 0.3) is 6.08 Å². The lowest BCUT2D eigenvalue weighted by molar-refractivity contribution is 0.104. The molecule has 2 nitrogen and oxygen atoms in total. The lowest BCUT2D eigenvalue weighted by Crippen LogP contribution is -1.99. The molecular formula is C15H10BrNO.